The molecule has 2 aromatic heterocycles. The van der Waals surface area contributed by atoms with Crippen LogP contribution in [0.2, 0.25) is 0 Å². The van der Waals surface area contributed by atoms with Crippen molar-refractivity contribution in [2.45, 2.75) is 45.1 Å². The van der Waals surface area contributed by atoms with Gasteiger partial charge in [-0.15, -0.1) is 0 Å². The highest BCUT2D eigenvalue weighted by Gasteiger charge is 2.31. The minimum absolute atomic E-state index is 0.0599. The Morgan fingerprint density at radius 2 is 2.42 bits per heavy atom. The summed E-state index contributed by atoms with van der Waals surface area (Å²) in [6, 6.07) is 2.18. The first-order chi connectivity index (χ1) is 11.6. The molecule has 3 rings (SSSR count). The van der Waals surface area contributed by atoms with Crippen LogP contribution in [0, 0.1) is 0 Å². The van der Waals surface area contributed by atoms with Crippen molar-refractivity contribution in [1.82, 2.24) is 20.4 Å². The lowest BCUT2D eigenvalue weighted by Gasteiger charge is -2.21. The number of likely N-dealkylation sites (tertiary alicyclic amines) is 1. The molecule has 1 saturated heterocycles. The minimum Gasteiger partial charge on any atom is -0.355 e. The highest BCUT2D eigenvalue weighted by molar-refractivity contribution is 7.07. The molecule has 0 aliphatic carbocycles. The van der Waals surface area contributed by atoms with E-state index in [4.69, 9.17) is 4.52 Å². The smallest absolute Gasteiger partial charge is 0.234 e. The van der Waals surface area contributed by atoms with Crippen LogP contribution in [0.5, 0.6) is 0 Å². The molecule has 0 saturated carbocycles. The number of nitrogens with zero attached hydrogens (tertiary/aromatic N) is 3. The van der Waals surface area contributed by atoms with Gasteiger partial charge in [-0.2, -0.15) is 16.3 Å². The molecule has 24 heavy (non-hydrogen) atoms. The summed E-state index contributed by atoms with van der Waals surface area (Å²) in [5, 5.41) is 11.3. The van der Waals surface area contributed by atoms with Crippen LogP contribution in [-0.4, -0.2) is 40.6 Å². The zero-order valence-electron chi connectivity index (χ0n) is 14.2. The Bertz CT molecular complexity index is 653. The third-order valence-corrected chi connectivity index (χ3v) is 5.01. The number of nitrogens with one attached hydrogen (secondary N) is 1. The van der Waals surface area contributed by atoms with E-state index in [1.165, 1.54) is 5.56 Å². The largest absolute Gasteiger partial charge is 0.355 e. The van der Waals surface area contributed by atoms with Crippen molar-refractivity contribution in [1.29, 1.82) is 0 Å². The fourth-order valence-corrected chi connectivity index (χ4v) is 3.65. The molecule has 1 unspecified atom stereocenters. The molecule has 1 aliphatic heterocycles. The number of rotatable bonds is 7. The normalized spacial score (nSPS) is 18.4. The van der Waals surface area contributed by atoms with Gasteiger partial charge < -0.3 is 9.84 Å². The van der Waals surface area contributed by atoms with E-state index in [-0.39, 0.29) is 17.9 Å². The van der Waals surface area contributed by atoms with E-state index in [1.807, 2.05) is 13.8 Å². The summed E-state index contributed by atoms with van der Waals surface area (Å²) in [5.74, 6) is 1.66. The van der Waals surface area contributed by atoms with Gasteiger partial charge in [0.15, 0.2) is 5.82 Å². The Kier molecular flexibility index (Phi) is 5.63. The number of amides is 1. The first kappa shape index (κ1) is 17.1. The van der Waals surface area contributed by atoms with Gasteiger partial charge in [0, 0.05) is 12.5 Å². The molecule has 2 aromatic rings. The van der Waals surface area contributed by atoms with Crippen molar-refractivity contribution in [2.75, 3.05) is 19.6 Å². The summed E-state index contributed by atoms with van der Waals surface area (Å²) in [6.45, 7) is 6.02. The molecule has 0 bridgehead atoms. The molecule has 0 spiro atoms. The lowest BCUT2D eigenvalue weighted by Crippen LogP contribution is -2.38. The van der Waals surface area contributed by atoms with E-state index < -0.39 is 0 Å². The molecule has 130 valence electrons. The van der Waals surface area contributed by atoms with Gasteiger partial charge in [-0.25, -0.2) is 0 Å². The van der Waals surface area contributed by atoms with Crippen LogP contribution in [0.4, 0.5) is 0 Å². The van der Waals surface area contributed by atoms with Crippen molar-refractivity contribution in [2.24, 2.45) is 0 Å². The van der Waals surface area contributed by atoms with Crippen LogP contribution >= 0.6 is 11.3 Å². The molecule has 3 heterocycles. The predicted molar refractivity (Wildman–Crippen MR) is 93.0 cm³/mol. The van der Waals surface area contributed by atoms with Gasteiger partial charge in [-0.3, -0.25) is 9.69 Å². The topological polar surface area (TPSA) is 71.3 Å². The SMILES string of the molecule is CC(C)c1nc(C2CCCN2CC(=O)NCCc2ccsc2)no1. The number of thiophene rings is 1. The van der Waals surface area contributed by atoms with E-state index in [9.17, 15) is 4.79 Å². The molecule has 6 nitrogen and oxygen atoms in total. The number of carbonyl (C=O) groups is 1. The third-order valence-electron chi connectivity index (χ3n) is 4.28. The summed E-state index contributed by atoms with van der Waals surface area (Å²) in [5.41, 5.74) is 1.27. The average Bonchev–Trinajstić information content (AvgIpc) is 3.28. The van der Waals surface area contributed by atoms with Crippen molar-refractivity contribution in [3.63, 3.8) is 0 Å². The van der Waals surface area contributed by atoms with Gasteiger partial charge in [-0.05, 0) is 48.2 Å². The second-order valence-corrected chi connectivity index (χ2v) is 7.29. The van der Waals surface area contributed by atoms with Gasteiger partial charge in [-0.1, -0.05) is 19.0 Å². The van der Waals surface area contributed by atoms with E-state index in [0.717, 1.165) is 25.8 Å². The van der Waals surface area contributed by atoms with Crippen LogP contribution in [0.1, 0.15) is 55.9 Å². The molecule has 1 N–H and O–H groups in total. The molecule has 7 heteroatoms. The van der Waals surface area contributed by atoms with Crippen molar-refractivity contribution in [3.05, 3.63) is 34.1 Å². The number of hydrogen-bond acceptors (Lipinski definition) is 6. The minimum atomic E-state index is 0.0599. The maximum Gasteiger partial charge on any atom is 0.234 e. The zero-order valence-corrected chi connectivity index (χ0v) is 15.0. The quantitative estimate of drug-likeness (QED) is 0.833. The first-order valence-corrected chi connectivity index (χ1v) is 9.43. The van der Waals surface area contributed by atoms with Crippen LogP contribution < -0.4 is 5.32 Å². The monoisotopic (exact) mass is 348 g/mol. The maximum absolute atomic E-state index is 12.2. The van der Waals surface area contributed by atoms with Gasteiger partial charge in [0.05, 0.1) is 12.6 Å². The van der Waals surface area contributed by atoms with Gasteiger partial charge >= 0.3 is 0 Å². The first-order valence-electron chi connectivity index (χ1n) is 8.49. The summed E-state index contributed by atoms with van der Waals surface area (Å²) in [6.07, 6.45) is 2.90. The lowest BCUT2D eigenvalue weighted by molar-refractivity contribution is -0.122. The number of hydrogen-bond donors (Lipinski definition) is 1. The molecule has 1 amide bonds. The number of carbonyl (C=O) groups excluding carboxylic acids is 1. The van der Waals surface area contributed by atoms with E-state index in [1.54, 1.807) is 11.3 Å². The van der Waals surface area contributed by atoms with Gasteiger partial charge in [0.25, 0.3) is 0 Å². The summed E-state index contributed by atoms with van der Waals surface area (Å²) in [7, 11) is 0. The summed E-state index contributed by atoms with van der Waals surface area (Å²) in [4.78, 5) is 18.8. The molecule has 1 atom stereocenters. The Labute approximate surface area is 146 Å². The van der Waals surface area contributed by atoms with E-state index >= 15 is 0 Å². The van der Waals surface area contributed by atoms with Gasteiger partial charge in [0.1, 0.15) is 0 Å². The van der Waals surface area contributed by atoms with Crippen LogP contribution in [0.25, 0.3) is 0 Å². The number of aromatic nitrogens is 2. The zero-order chi connectivity index (χ0) is 16.9. The van der Waals surface area contributed by atoms with E-state index in [2.05, 4.69) is 37.2 Å². The van der Waals surface area contributed by atoms with Crippen molar-refractivity contribution in [3.8, 4) is 0 Å². The third kappa shape index (κ3) is 4.21. The predicted octanol–water partition coefficient (Wildman–Crippen LogP) is 2.75. The van der Waals surface area contributed by atoms with Crippen molar-refractivity contribution >= 4 is 17.2 Å². The molecular weight excluding hydrogens is 324 g/mol. The highest BCUT2D eigenvalue weighted by Crippen LogP contribution is 2.30. The highest BCUT2D eigenvalue weighted by atomic mass is 32.1. The maximum atomic E-state index is 12.2. The van der Waals surface area contributed by atoms with E-state index in [0.29, 0.717) is 24.8 Å². The molecule has 0 radical (unpaired) electrons. The van der Waals surface area contributed by atoms with Crippen LogP contribution in [0.15, 0.2) is 21.3 Å². The Morgan fingerprint density at radius 3 is 3.12 bits per heavy atom. The standard InChI is InChI=1S/C17H24N4O2S/c1-12(2)17-19-16(20-23-17)14-4-3-8-21(14)10-15(22)18-7-5-13-6-9-24-11-13/h6,9,11-12,14H,3-5,7-8,10H2,1-2H3,(H,18,22). The van der Waals surface area contributed by atoms with Crippen LogP contribution in [0.3, 0.4) is 0 Å². The average molecular weight is 348 g/mol. The van der Waals surface area contributed by atoms with Crippen LogP contribution in [-0.2, 0) is 11.2 Å². The summed E-state index contributed by atoms with van der Waals surface area (Å²) >= 11 is 1.68. The van der Waals surface area contributed by atoms with Gasteiger partial charge in [0.2, 0.25) is 11.8 Å². The van der Waals surface area contributed by atoms with Crippen molar-refractivity contribution < 1.29 is 9.32 Å². The lowest BCUT2D eigenvalue weighted by atomic mass is 10.2. The summed E-state index contributed by atoms with van der Waals surface area (Å²) < 4.78 is 5.31. The fourth-order valence-electron chi connectivity index (χ4n) is 2.95. The molecular formula is C17H24N4O2S. The molecule has 0 aromatic carbocycles. The Balaban J connectivity index is 1.50. The Morgan fingerprint density at radius 1 is 1.54 bits per heavy atom. The second kappa shape index (κ2) is 7.90. The molecule has 1 fully saturated rings. The fraction of sp³-hybridized carbons (Fsp3) is 0.588. The Hall–Kier alpha value is -1.73. The molecule has 1 aliphatic rings. The second-order valence-electron chi connectivity index (χ2n) is 6.51.